The van der Waals surface area contributed by atoms with Crippen molar-refractivity contribution in [2.24, 2.45) is 5.92 Å². The fourth-order valence-electron chi connectivity index (χ4n) is 3.81. The smallest absolute Gasteiger partial charge is 0.303 e. The summed E-state index contributed by atoms with van der Waals surface area (Å²) < 4.78 is 6.44. The topological polar surface area (TPSA) is 66.8 Å². The molecule has 140 valence electrons. The maximum absolute atomic E-state index is 10.7. The van der Waals surface area contributed by atoms with Crippen LogP contribution in [0.1, 0.15) is 74.6 Å². The van der Waals surface area contributed by atoms with E-state index in [2.05, 4.69) is 13.8 Å². The highest BCUT2D eigenvalue weighted by Crippen LogP contribution is 2.44. The third kappa shape index (κ3) is 4.47. The van der Waals surface area contributed by atoms with Crippen LogP contribution >= 0.6 is 0 Å². The molecular weight excluding hydrogens is 316 g/mol. The SMILES string of the molecule is Cc1c(C)c2c(c(C)c1O)CCC(C)(CCCC(C)CCC(=O)O)O2. The number of hydrogen-bond donors (Lipinski definition) is 2. The zero-order chi connectivity index (χ0) is 18.8. The van der Waals surface area contributed by atoms with Gasteiger partial charge in [-0.2, -0.15) is 0 Å². The molecular formula is C21H32O4. The highest BCUT2D eigenvalue weighted by atomic mass is 16.5. The van der Waals surface area contributed by atoms with Crippen molar-refractivity contribution in [2.75, 3.05) is 0 Å². The number of phenolic OH excluding ortho intramolecular Hbond substituents is 1. The summed E-state index contributed by atoms with van der Waals surface area (Å²) in [6, 6.07) is 0. The molecule has 2 N–H and O–H groups in total. The molecule has 1 aliphatic rings. The largest absolute Gasteiger partial charge is 0.507 e. The average Bonchev–Trinajstić information content (AvgIpc) is 2.56. The number of aliphatic carboxylic acids is 1. The minimum Gasteiger partial charge on any atom is -0.507 e. The summed E-state index contributed by atoms with van der Waals surface area (Å²) in [5, 5.41) is 19.0. The van der Waals surface area contributed by atoms with Crippen molar-refractivity contribution in [1.82, 2.24) is 0 Å². The van der Waals surface area contributed by atoms with Crippen LogP contribution in [0.2, 0.25) is 0 Å². The minimum atomic E-state index is -0.712. The third-order valence-corrected chi connectivity index (χ3v) is 5.85. The first-order valence-corrected chi connectivity index (χ1v) is 9.37. The number of carboxylic acids is 1. The second-order valence-electron chi connectivity index (χ2n) is 8.01. The number of carboxylic acid groups (broad SMARTS) is 1. The molecule has 2 unspecified atom stereocenters. The number of ether oxygens (including phenoxy) is 1. The van der Waals surface area contributed by atoms with Crippen LogP contribution in [0.15, 0.2) is 0 Å². The van der Waals surface area contributed by atoms with Crippen LogP contribution in [0.4, 0.5) is 0 Å². The maximum atomic E-state index is 10.7. The van der Waals surface area contributed by atoms with E-state index >= 15 is 0 Å². The molecule has 0 saturated heterocycles. The van der Waals surface area contributed by atoms with Gasteiger partial charge in [0.15, 0.2) is 0 Å². The van der Waals surface area contributed by atoms with E-state index < -0.39 is 5.97 Å². The Morgan fingerprint density at radius 1 is 1.20 bits per heavy atom. The monoisotopic (exact) mass is 348 g/mol. The Bertz CT molecular complexity index is 650. The van der Waals surface area contributed by atoms with E-state index in [9.17, 15) is 9.90 Å². The Kier molecular flexibility index (Phi) is 6.02. The zero-order valence-corrected chi connectivity index (χ0v) is 16.2. The van der Waals surface area contributed by atoms with E-state index in [1.165, 1.54) is 0 Å². The number of carbonyl (C=O) groups is 1. The Morgan fingerprint density at radius 2 is 1.88 bits per heavy atom. The van der Waals surface area contributed by atoms with E-state index in [1.807, 2.05) is 20.8 Å². The van der Waals surface area contributed by atoms with E-state index in [1.54, 1.807) is 0 Å². The van der Waals surface area contributed by atoms with Crippen molar-refractivity contribution in [3.8, 4) is 11.5 Å². The number of phenols is 1. The van der Waals surface area contributed by atoms with E-state index in [0.717, 1.165) is 66.5 Å². The van der Waals surface area contributed by atoms with Crippen molar-refractivity contribution in [1.29, 1.82) is 0 Å². The van der Waals surface area contributed by atoms with Gasteiger partial charge in [0.2, 0.25) is 0 Å². The first-order valence-electron chi connectivity index (χ1n) is 9.37. The molecule has 2 rings (SSSR count). The number of hydrogen-bond acceptors (Lipinski definition) is 3. The van der Waals surface area contributed by atoms with E-state index in [0.29, 0.717) is 11.7 Å². The first kappa shape index (κ1) is 19.6. The molecule has 0 fully saturated rings. The molecule has 0 spiro atoms. The summed E-state index contributed by atoms with van der Waals surface area (Å²) in [4.78, 5) is 10.7. The Hall–Kier alpha value is -1.71. The van der Waals surface area contributed by atoms with Gasteiger partial charge in [0.1, 0.15) is 17.1 Å². The fraction of sp³-hybridized carbons (Fsp3) is 0.667. The molecule has 2 atom stereocenters. The first-order chi connectivity index (χ1) is 11.6. The normalized spacial score (nSPS) is 20.7. The summed E-state index contributed by atoms with van der Waals surface area (Å²) in [6.07, 6.45) is 5.93. The molecule has 1 aliphatic heterocycles. The van der Waals surface area contributed by atoms with Gasteiger partial charge in [0.05, 0.1) is 0 Å². The molecule has 1 aromatic carbocycles. The lowest BCUT2D eigenvalue weighted by Gasteiger charge is -2.38. The quantitative estimate of drug-likeness (QED) is 0.722. The summed E-state index contributed by atoms with van der Waals surface area (Å²) in [6.45, 7) is 10.2. The minimum absolute atomic E-state index is 0.180. The Balaban J connectivity index is 2.00. The van der Waals surface area contributed by atoms with Crippen LogP contribution in [0.5, 0.6) is 11.5 Å². The second-order valence-corrected chi connectivity index (χ2v) is 8.01. The van der Waals surface area contributed by atoms with Gasteiger partial charge >= 0.3 is 5.97 Å². The van der Waals surface area contributed by atoms with Crippen LogP contribution in [0.25, 0.3) is 0 Å². The van der Waals surface area contributed by atoms with Gasteiger partial charge in [0, 0.05) is 12.0 Å². The second kappa shape index (κ2) is 7.67. The van der Waals surface area contributed by atoms with Crippen molar-refractivity contribution in [2.45, 2.75) is 85.2 Å². The molecule has 0 saturated carbocycles. The number of fused-ring (bicyclic) bond motifs is 1. The maximum Gasteiger partial charge on any atom is 0.303 e. The molecule has 4 heteroatoms. The number of benzene rings is 1. The van der Waals surface area contributed by atoms with Crippen molar-refractivity contribution in [3.63, 3.8) is 0 Å². The summed E-state index contributed by atoms with van der Waals surface area (Å²) in [5.74, 6) is 1.07. The Morgan fingerprint density at radius 3 is 2.52 bits per heavy atom. The molecule has 0 aliphatic carbocycles. The fourth-order valence-corrected chi connectivity index (χ4v) is 3.81. The van der Waals surface area contributed by atoms with Gasteiger partial charge in [0.25, 0.3) is 0 Å². The van der Waals surface area contributed by atoms with E-state index in [-0.39, 0.29) is 12.0 Å². The standard InChI is InChI=1S/C21H32O4/c1-13(8-9-18(22)23)7-6-11-21(5)12-10-17-16(4)19(24)14(2)15(3)20(17)25-21/h13,24H,6-12H2,1-5H3,(H,22,23). The van der Waals surface area contributed by atoms with Crippen molar-refractivity contribution in [3.05, 3.63) is 22.3 Å². The molecule has 0 aromatic heterocycles. The predicted molar refractivity (Wildman–Crippen MR) is 99.6 cm³/mol. The van der Waals surface area contributed by atoms with Gasteiger partial charge < -0.3 is 14.9 Å². The van der Waals surface area contributed by atoms with E-state index in [4.69, 9.17) is 9.84 Å². The van der Waals surface area contributed by atoms with Crippen molar-refractivity contribution >= 4 is 5.97 Å². The van der Waals surface area contributed by atoms with Crippen LogP contribution in [0, 0.1) is 26.7 Å². The molecule has 1 heterocycles. The molecule has 1 aromatic rings. The third-order valence-electron chi connectivity index (χ3n) is 5.85. The highest BCUT2D eigenvalue weighted by Gasteiger charge is 2.34. The molecule has 0 bridgehead atoms. The predicted octanol–water partition coefficient (Wildman–Crippen LogP) is 5.07. The lowest BCUT2D eigenvalue weighted by molar-refractivity contribution is -0.137. The summed E-state index contributed by atoms with van der Waals surface area (Å²) in [7, 11) is 0. The summed E-state index contributed by atoms with van der Waals surface area (Å²) in [5.41, 5.74) is 3.86. The molecule has 25 heavy (non-hydrogen) atoms. The highest BCUT2D eigenvalue weighted by molar-refractivity contribution is 5.66. The van der Waals surface area contributed by atoms with Crippen LogP contribution in [-0.2, 0) is 11.2 Å². The lowest BCUT2D eigenvalue weighted by Crippen LogP contribution is -2.37. The molecule has 4 nitrogen and oxygen atoms in total. The number of aromatic hydroxyl groups is 1. The van der Waals surface area contributed by atoms with Gasteiger partial charge in [-0.1, -0.05) is 13.3 Å². The lowest BCUT2D eigenvalue weighted by atomic mass is 9.84. The average molecular weight is 348 g/mol. The van der Waals surface area contributed by atoms with Crippen LogP contribution in [0.3, 0.4) is 0 Å². The van der Waals surface area contributed by atoms with Gasteiger partial charge in [-0.05, 0) is 82.4 Å². The molecule has 0 radical (unpaired) electrons. The number of rotatable bonds is 7. The van der Waals surface area contributed by atoms with Crippen LogP contribution in [-0.4, -0.2) is 21.8 Å². The zero-order valence-electron chi connectivity index (χ0n) is 16.2. The molecule has 0 amide bonds. The van der Waals surface area contributed by atoms with Gasteiger partial charge in [-0.15, -0.1) is 0 Å². The summed E-state index contributed by atoms with van der Waals surface area (Å²) >= 11 is 0. The van der Waals surface area contributed by atoms with Gasteiger partial charge in [-0.25, -0.2) is 0 Å². The van der Waals surface area contributed by atoms with Crippen LogP contribution < -0.4 is 4.74 Å². The van der Waals surface area contributed by atoms with Crippen molar-refractivity contribution < 1.29 is 19.7 Å². The van der Waals surface area contributed by atoms with Gasteiger partial charge in [-0.3, -0.25) is 4.79 Å². The Labute approximate surface area is 151 Å².